The van der Waals surface area contributed by atoms with Crippen molar-refractivity contribution < 1.29 is 14.7 Å². The van der Waals surface area contributed by atoms with E-state index in [1.165, 1.54) is 0 Å². The Morgan fingerprint density at radius 3 is 2.74 bits per heavy atom. The molecule has 2 aliphatic carbocycles. The van der Waals surface area contributed by atoms with Gasteiger partial charge >= 0.3 is 0 Å². The molecule has 0 saturated heterocycles. The number of nitrogens with zero attached hydrogens (tertiary/aromatic N) is 1. The van der Waals surface area contributed by atoms with Crippen molar-refractivity contribution in [3.05, 3.63) is 17.8 Å². The number of aromatic nitrogens is 2. The SMILES string of the molecule is CC(C)(C)[C@H](NC(=O)c1[nH]nc2c3cc-3cc12)C(=O)NCCO. The smallest absolute Gasteiger partial charge is 0.270 e. The predicted molar refractivity (Wildman–Crippen MR) is 85.9 cm³/mol. The van der Waals surface area contributed by atoms with Crippen molar-refractivity contribution in [2.24, 2.45) is 5.41 Å². The zero-order chi connectivity index (χ0) is 16.8. The largest absolute Gasteiger partial charge is 0.395 e. The van der Waals surface area contributed by atoms with Crippen molar-refractivity contribution in [1.82, 2.24) is 20.8 Å². The van der Waals surface area contributed by atoms with Crippen LogP contribution in [0, 0.1) is 5.41 Å². The number of hydrogen-bond acceptors (Lipinski definition) is 4. The monoisotopic (exact) mass is 316 g/mol. The first kappa shape index (κ1) is 15.5. The molecular formula is C16H20N4O3. The van der Waals surface area contributed by atoms with Crippen LogP contribution in [0.5, 0.6) is 0 Å². The summed E-state index contributed by atoms with van der Waals surface area (Å²) < 4.78 is 0. The van der Waals surface area contributed by atoms with Gasteiger partial charge in [0.05, 0.1) is 6.61 Å². The van der Waals surface area contributed by atoms with Crippen LogP contribution >= 0.6 is 0 Å². The quantitative estimate of drug-likeness (QED) is 0.558. The Morgan fingerprint density at radius 2 is 2.09 bits per heavy atom. The highest BCUT2D eigenvalue weighted by atomic mass is 16.3. The molecule has 23 heavy (non-hydrogen) atoms. The molecule has 7 heteroatoms. The molecule has 7 nitrogen and oxygen atoms in total. The van der Waals surface area contributed by atoms with Crippen LogP contribution in [0.15, 0.2) is 12.1 Å². The summed E-state index contributed by atoms with van der Waals surface area (Å²) in [4.78, 5) is 24.8. The number of hydrogen-bond donors (Lipinski definition) is 4. The molecule has 1 heterocycles. The Bertz CT molecular complexity index is 788. The fourth-order valence-corrected chi connectivity index (χ4v) is 2.63. The minimum atomic E-state index is -0.719. The van der Waals surface area contributed by atoms with Crippen LogP contribution in [0.3, 0.4) is 0 Å². The number of aromatic amines is 1. The second-order valence-corrected chi connectivity index (χ2v) is 6.81. The van der Waals surface area contributed by atoms with Gasteiger partial charge in [-0.3, -0.25) is 14.7 Å². The first-order valence-electron chi connectivity index (χ1n) is 7.55. The molecule has 0 spiro atoms. The van der Waals surface area contributed by atoms with Crippen LogP contribution in [-0.4, -0.2) is 46.3 Å². The molecule has 2 aliphatic rings. The van der Waals surface area contributed by atoms with Crippen molar-refractivity contribution in [3.63, 3.8) is 0 Å². The van der Waals surface area contributed by atoms with Crippen molar-refractivity contribution in [2.75, 3.05) is 13.2 Å². The number of amides is 2. The standard InChI is InChI=1S/C16H20N4O3/c1-16(2,3)13(15(23)17-4-5-21)18-14(22)12-10-7-8-6-9(8)11(10)19-20-12/h6-7,13,21H,4-5H2,1-3H3,(H,17,23)(H,18,22)(H,19,20)/t13-/m1/s1. The molecule has 0 unspecified atom stereocenters. The Balaban J connectivity index is 1.80. The summed E-state index contributed by atoms with van der Waals surface area (Å²) >= 11 is 0. The molecule has 0 aliphatic heterocycles. The third kappa shape index (κ3) is 2.79. The van der Waals surface area contributed by atoms with E-state index in [2.05, 4.69) is 20.8 Å². The molecule has 0 radical (unpaired) electrons. The van der Waals surface area contributed by atoms with Gasteiger partial charge in [-0.2, -0.15) is 5.10 Å². The fraction of sp³-hybridized carbons (Fsp3) is 0.438. The highest BCUT2D eigenvalue weighted by Crippen LogP contribution is 2.42. The number of fused-ring (bicyclic) bond motifs is 3. The summed E-state index contributed by atoms with van der Waals surface area (Å²) in [6.45, 7) is 5.62. The number of benzene rings is 1. The molecule has 2 amide bonds. The van der Waals surface area contributed by atoms with Crippen molar-refractivity contribution in [3.8, 4) is 11.1 Å². The maximum atomic E-state index is 12.6. The van der Waals surface area contributed by atoms with Crippen LogP contribution in [0.2, 0.25) is 0 Å². The van der Waals surface area contributed by atoms with E-state index in [1.807, 2.05) is 32.9 Å². The Labute approximate surface area is 133 Å². The van der Waals surface area contributed by atoms with E-state index in [4.69, 9.17) is 5.11 Å². The molecule has 3 rings (SSSR count). The fourth-order valence-electron chi connectivity index (χ4n) is 2.63. The van der Waals surface area contributed by atoms with Gasteiger partial charge in [0.25, 0.3) is 5.91 Å². The number of nitrogens with one attached hydrogen (secondary N) is 3. The van der Waals surface area contributed by atoms with E-state index in [9.17, 15) is 9.59 Å². The first-order valence-corrected chi connectivity index (χ1v) is 7.55. The number of carbonyl (C=O) groups is 2. The third-order valence-corrected chi connectivity index (χ3v) is 3.93. The summed E-state index contributed by atoms with van der Waals surface area (Å²) in [5.74, 6) is -0.684. The van der Waals surface area contributed by atoms with Gasteiger partial charge in [-0.25, -0.2) is 0 Å². The molecule has 1 atom stereocenters. The van der Waals surface area contributed by atoms with E-state index in [0.717, 1.165) is 22.0 Å². The van der Waals surface area contributed by atoms with Crippen LogP contribution < -0.4 is 10.6 Å². The van der Waals surface area contributed by atoms with Gasteiger partial charge in [-0.15, -0.1) is 0 Å². The van der Waals surface area contributed by atoms with Crippen LogP contribution in [-0.2, 0) is 4.79 Å². The summed E-state index contributed by atoms with van der Waals surface area (Å²) in [5.41, 5.74) is 2.87. The summed E-state index contributed by atoms with van der Waals surface area (Å²) in [6.07, 6.45) is 0. The molecule has 0 aromatic carbocycles. The number of rotatable bonds is 5. The molecule has 1 aromatic rings. The van der Waals surface area contributed by atoms with E-state index >= 15 is 0 Å². The van der Waals surface area contributed by atoms with Gasteiger partial charge in [0.1, 0.15) is 17.3 Å². The third-order valence-electron chi connectivity index (χ3n) is 3.93. The van der Waals surface area contributed by atoms with E-state index in [0.29, 0.717) is 5.69 Å². The number of aliphatic hydroxyl groups excluding tert-OH is 1. The van der Waals surface area contributed by atoms with Gasteiger partial charge in [0, 0.05) is 17.5 Å². The second-order valence-electron chi connectivity index (χ2n) is 6.81. The van der Waals surface area contributed by atoms with Crippen molar-refractivity contribution in [1.29, 1.82) is 0 Å². The molecule has 0 saturated carbocycles. The first-order chi connectivity index (χ1) is 10.8. The number of carbonyl (C=O) groups excluding carboxylic acids is 2. The Kier molecular flexibility index (Phi) is 3.60. The van der Waals surface area contributed by atoms with Crippen molar-refractivity contribution >= 4 is 22.7 Å². The highest BCUT2D eigenvalue weighted by molar-refractivity contribution is 6.15. The van der Waals surface area contributed by atoms with E-state index < -0.39 is 11.5 Å². The normalized spacial score (nSPS) is 13.7. The molecule has 4 N–H and O–H groups in total. The van der Waals surface area contributed by atoms with Crippen LogP contribution in [0.1, 0.15) is 31.3 Å². The maximum absolute atomic E-state index is 12.6. The van der Waals surface area contributed by atoms with Crippen molar-refractivity contribution in [2.45, 2.75) is 26.8 Å². The maximum Gasteiger partial charge on any atom is 0.270 e. The van der Waals surface area contributed by atoms with Gasteiger partial charge in [0.15, 0.2) is 0 Å². The zero-order valence-corrected chi connectivity index (χ0v) is 13.4. The second kappa shape index (κ2) is 5.34. The van der Waals surface area contributed by atoms with Crippen LogP contribution in [0.25, 0.3) is 22.0 Å². The average molecular weight is 316 g/mol. The lowest BCUT2D eigenvalue weighted by Crippen LogP contribution is -2.54. The van der Waals surface area contributed by atoms with Gasteiger partial charge in [-0.05, 0) is 23.1 Å². The summed E-state index contributed by atoms with van der Waals surface area (Å²) in [7, 11) is 0. The van der Waals surface area contributed by atoms with Gasteiger partial charge in [0.2, 0.25) is 5.91 Å². The molecular weight excluding hydrogens is 296 g/mol. The average Bonchev–Trinajstić information content (AvgIpc) is 2.95. The minimum Gasteiger partial charge on any atom is -0.395 e. The molecule has 0 fully saturated rings. The Hall–Kier alpha value is -2.41. The highest BCUT2D eigenvalue weighted by Gasteiger charge is 2.34. The molecule has 0 bridgehead atoms. The summed E-state index contributed by atoms with van der Waals surface area (Å²) in [5, 5.41) is 21.9. The zero-order valence-electron chi connectivity index (χ0n) is 13.4. The minimum absolute atomic E-state index is 0.146. The number of H-pyrrole nitrogens is 1. The topological polar surface area (TPSA) is 107 Å². The Morgan fingerprint density at radius 1 is 1.35 bits per heavy atom. The lowest BCUT2D eigenvalue weighted by molar-refractivity contribution is -0.125. The van der Waals surface area contributed by atoms with Crippen LogP contribution in [0.4, 0.5) is 0 Å². The van der Waals surface area contributed by atoms with E-state index in [1.54, 1.807) is 0 Å². The lowest BCUT2D eigenvalue weighted by Gasteiger charge is -2.30. The molecule has 122 valence electrons. The summed E-state index contributed by atoms with van der Waals surface area (Å²) in [6, 6.07) is 3.20. The predicted octanol–water partition coefficient (Wildman–Crippen LogP) is 0.796. The van der Waals surface area contributed by atoms with Gasteiger partial charge in [-0.1, -0.05) is 20.8 Å². The van der Waals surface area contributed by atoms with Gasteiger partial charge < -0.3 is 15.7 Å². The number of aliphatic hydroxyl groups is 1. The molecule has 1 aromatic heterocycles. The van der Waals surface area contributed by atoms with E-state index in [-0.39, 0.29) is 25.0 Å². The lowest BCUT2D eigenvalue weighted by atomic mass is 9.86.